The van der Waals surface area contributed by atoms with Crippen molar-refractivity contribution < 1.29 is 18.0 Å². The van der Waals surface area contributed by atoms with E-state index in [2.05, 4.69) is 5.32 Å². The van der Waals surface area contributed by atoms with Gasteiger partial charge in [-0.1, -0.05) is 49.7 Å². The minimum atomic E-state index is -3.75. The van der Waals surface area contributed by atoms with Gasteiger partial charge in [0, 0.05) is 18.1 Å². The summed E-state index contributed by atoms with van der Waals surface area (Å²) in [6.07, 6.45) is 1.06. The number of amides is 2. The number of benzene rings is 2. The molecule has 33 heavy (non-hydrogen) atoms. The summed E-state index contributed by atoms with van der Waals surface area (Å²) in [4.78, 5) is 27.3. The second-order valence-electron chi connectivity index (χ2n) is 8.24. The fraction of sp³-hybridized carbons (Fsp3) is 0.417. The van der Waals surface area contributed by atoms with Crippen LogP contribution in [0.15, 0.2) is 48.5 Å². The van der Waals surface area contributed by atoms with E-state index in [0.29, 0.717) is 23.2 Å². The highest BCUT2D eigenvalue weighted by Gasteiger charge is 2.30. The van der Waals surface area contributed by atoms with Gasteiger partial charge in [0.15, 0.2) is 0 Å². The zero-order valence-electron chi connectivity index (χ0n) is 19.7. The van der Waals surface area contributed by atoms with E-state index >= 15 is 0 Å². The van der Waals surface area contributed by atoms with Gasteiger partial charge in [-0.05, 0) is 55.2 Å². The van der Waals surface area contributed by atoms with Gasteiger partial charge in [0.1, 0.15) is 12.6 Å². The maximum absolute atomic E-state index is 13.4. The van der Waals surface area contributed by atoms with E-state index in [-0.39, 0.29) is 12.5 Å². The van der Waals surface area contributed by atoms with E-state index in [4.69, 9.17) is 11.6 Å². The van der Waals surface area contributed by atoms with Crippen molar-refractivity contribution in [2.24, 2.45) is 0 Å². The summed E-state index contributed by atoms with van der Waals surface area (Å²) in [6, 6.07) is 13.3. The van der Waals surface area contributed by atoms with Crippen molar-refractivity contribution in [3.8, 4) is 0 Å². The van der Waals surface area contributed by atoms with E-state index in [1.165, 1.54) is 4.90 Å². The first-order valence-corrected chi connectivity index (χ1v) is 13.1. The molecule has 0 unspecified atom stereocenters. The Morgan fingerprint density at radius 3 is 2.21 bits per heavy atom. The van der Waals surface area contributed by atoms with Crippen LogP contribution in [-0.4, -0.2) is 50.5 Å². The van der Waals surface area contributed by atoms with Gasteiger partial charge in [-0.2, -0.15) is 0 Å². The third-order valence-corrected chi connectivity index (χ3v) is 6.66. The monoisotopic (exact) mass is 493 g/mol. The Labute approximate surface area is 201 Å². The molecule has 0 heterocycles. The number of sulfonamides is 1. The van der Waals surface area contributed by atoms with Crippen molar-refractivity contribution in [1.29, 1.82) is 0 Å². The summed E-state index contributed by atoms with van der Waals surface area (Å²) < 4.78 is 26.2. The van der Waals surface area contributed by atoms with Gasteiger partial charge in [0.2, 0.25) is 21.8 Å². The summed E-state index contributed by atoms with van der Waals surface area (Å²) in [5.41, 5.74) is 2.19. The smallest absolute Gasteiger partial charge is 0.244 e. The van der Waals surface area contributed by atoms with E-state index in [1.54, 1.807) is 50.2 Å². The molecule has 2 amide bonds. The van der Waals surface area contributed by atoms with Crippen LogP contribution in [0.5, 0.6) is 0 Å². The second-order valence-corrected chi connectivity index (χ2v) is 10.6. The van der Waals surface area contributed by atoms with E-state index in [0.717, 1.165) is 21.7 Å². The van der Waals surface area contributed by atoms with Crippen LogP contribution >= 0.6 is 11.6 Å². The number of nitrogens with zero attached hydrogens (tertiary/aromatic N) is 2. The third kappa shape index (κ3) is 7.47. The molecule has 1 N–H and O–H groups in total. The van der Waals surface area contributed by atoms with Gasteiger partial charge in [0.25, 0.3) is 0 Å². The first kappa shape index (κ1) is 26.7. The lowest BCUT2D eigenvalue weighted by Crippen LogP contribution is -2.51. The average molecular weight is 494 g/mol. The van der Waals surface area contributed by atoms with E-state index < -0.39 is 28.5 Å². The van der Waals surface area contributed by atoms with Crippen LogP contribution in [0, 0.1) is 0 Å². The summed E-state index contributed by atoms with van der Waals surface area (Å²) in [7, 11) is -3.75. The van der Waals surface area contributed by atoms with Gasteiger partial charge >= 0.3 is 0 Å². The molecule has 0 bridgehead atoms. The zero-order chi connectivity index (χ0) is 24.8. The molecule has 9 heteroatoms. The molecular formula is C24H32ClN3O4S. The van der Waals surface area contributed by atoms with Crippen molar-refractivity contribution in [2.75, 3.05) is 23.7 Å². The Bertz CT molecular complexity index is 1070. The summed E-state index contributed by atoms with van der Waals surface area (Å²) in [5.74, 6) is -0.523. The van der Waals surface area contributed by atoms with Crippen LogP contribution in [0.2, 0.25) is 5.02 Å². The zero-order valence-corrected chi connectivity index (χ0v) is 21.3. The topological polar surface area (TPSA) is 86.8 Å². The van der Waals surface area contributed by atoms with Crippen molar-refractivity contribution in [3.63, 3.8) is 0 Å². The number of carbonyl (C=O) groups is 2. The van der Waals surface area contributed by atoms with Gasteiger partial charge in [-0.25, -0.2) is 8.42 Å². The van der Waals surface area contributed by atoms with Crippen molar-refractivity contribution in [2.45, 2.75) is 46.2 Å². The maximum atomic E-state index is 13.4. The standard InChI is InChI=1S/C24H32ClN3O4S/c1-6-26-24(30)18(4)27(15-19-8-7-9-21(25)14-19)23(29)16-28(33(5,31)32)22-12-10-20(11-13-22)17(2)3/h7-14,17-18H,6,15-16H2,1-5H3,(H,26,30)/t18-/m0/s1. The molecule has 180 valence electrons. The number of nitrogens with one attached hydrogen (secondary N) is 1. The van der Waals surface area contributed by atoms with Crippen molar-refractivity contribution in [1.82, 2.24) is 10.2 Å². The van der Waals surface area contributed by atoms with Crippen LogP contribution in [0.1, 0.15) is 44.7 Å². The van der Waals surface area contributed by atoms with Crippen molar-refractivity contribution >= 4 is 39.1 Å². The Morgan fingerprint density at radius 1 is 1.06 bits per heavy atom. The van der Waals surface area contributed by atoms with E-state index in [9.17, 15) is 18.0 Å². The quantitative estimate of drug-likeness (QED) is 0.545. The lowest BCUT2D eigenvalue weighted by molar-refractivity contribution is -0.139. The van der Waals surface area contributed by atoms with Crippen LogP contribution in [0.3, 0.4) is 0 Å². The molecule has 0 saturated carbocycles. The van der Waals surface area contributed by atoms with Gasteiger partial charge in [-0.3, -0.25) is 13.9 Å². The van der Waals surface area contributed by atoms with Crippen LogP contribution in [0.4, 0.5) is 5.69 Å². The number of rotatable bonds is 10. The molecule has 0 aliphatic rings. The van der Waals surface area contributed by atoms with Crippen LogP contribution < -0.4 is 9.62 Å². The largest absolute Gasteiger partial charge is 0.355 e. The van der Waals surface area contributed by atoms with Gasteiger partial charge in [-0.15, -0.1) is 0 Å². The van der Waals surface area contributed by atoms with Crippen LogP contribution in [-0.2, 0) is 26.2 Å². The van der Waals surface area contributed by atoms with Gasteiger partial charge < -0.3 is 10.2 Å². The van der Waals surface area contributed by atoms with Crippen LogP contribution in [0.25, 0.3) is 0 Å². The Balaban J connectivity index is 2.37. The average Bonchev–Trinajstić information content (AvgIpc) is 2.74. The fourth-order valence-corrected chi connectivity index (χ4v) is 4.44. The number of anilines is 1. The maximum Gasteiger partial charge on any atom is 0.244 e. The van der Waals surface area contributed by atoms with Crippen molar-refractivity contribution in [3.05, 3.63) is 64.7 Å². The molecule has 0 radical (unpaired) electrons. The summed E-state index contributed by atoms with van der Waals surface area (Å²) in [5, 5.41) is 3.23. The molecule has 0 spiro atoms. The highest BCUT2D eigenvalue weighted by atomic mass is 35.5. The third-order valence-electron chi connectivity index (χ3n) is 5.29. The summed E-state index contributed by atoms with van der Waals surface area (Å²) in [6.45, 7) is 7.61. The molecule has 2 aromatic carbocycles. The summed E-state index contributed by atoms with van der Waals surface area (Å²) >= 11 is 6.09. The molecule has 0 saturated heterocycles. The first-order chi connectivity index (χ1) is 15.4. The molecule has 2 aromatic rings. The highest BCUT2D eigenvalue weighted by molar-refractivity contribution is 7.92. The molecule has 0 aliphatic heterocycles. The highest BCUT2D eigenvalue weighted by Crippen LogP contribution is 2.23. The fourth-order valence-electron chi connectivity index (χ4n) is 3.38. The van der Waals surface area contributed by atoms with Gasteiger partial charge in [0.05, 0.1) is 11.9 Å². The second kappa shape index (κ2) is 11.5. The number of halogens is 1. The molecule has 7 nitrogen and oxygen atoms in total. The SMILES string of the molecule is CCNC(=O)[C@H](C)N(Cc1cccc(Cl)c1)C(=O)CN(c1ccc(C(C)C)cc1)S(C)(=O)=O. The molecule has 0 fully saturated rings. The predicted octanol–water partition coefficient (Wildman–Crippen LogP) is 3.78. The lowest BCUT2D eigenvalue weighted by Gasteiger charge is -2.31. The predicted molar refractivity (Wildman–Crippen MR) is 133 cm³/mol. The molecule has 0 aromatic heterocycles. The lowest BCUT2D eigenvalue weighted by atomic mass is 10.0. The number of carbonyl (C=O) groups excluding carboxylic acids is 2. The number of hydrogen-bond donors (Lipinski definition) is 1. The number of likely N-dealkylation sites (N-methyl/N-ethyl adjacent to an activating group) is 1. The molecule has 1 atom stereocenters. The molecular weight excluding hydrogens is 462 g/mol. The first-order valence-electron chi connectivity index (χ1n) is 10.8. The Morgan fingerprint density at radius 2 is 1.70 bits per heavy atom. The Hall–Kier alpha value is -2.58. The number of hydrogen-bond acceptors (Lipinski definition) is 4. The molecule has 2 rings (SSSR count). The minimum absolute atomic E-state index is 0.113. The Kier molecular flexibility index (Phi) is 9.31. The van der Waals surface area contributed by atoms with E-state index in [1.807, 2.05) is 26.0 Å². The molecule has 0 aliphatic carbocycles. The normalized spacial score (nSPS) is 12.3. The minimum Gasteiger partial charge on any atom is -0.355 e.